The van der Waals surface area contributed by atoms with E-state index in [0.717, 1.165) is 128 Å². The van der Waals surface area contributed by atoms with Crippen LogP contribution >= 0.6 is 0 Å². The number of rotatable bonds is 51. The van der Waals surface area contributed by atoms with E-state index in [4.69, 9.17) is 23.7 Å². The van der Waals surface area contributed by atoms with Gasteiger partial charge in [0.05, 0.1) is 6.61 Å². The van der Waals surface area contributed by atoms with Crippen LogP contribution in [0.3, 0.4) is 0 Å². The van der Waals surface area contributed by atoms with E-state index in [9.17, 15) is 34.5 Å². The Bertz CT molecular complexity index is 1660. The van der Waals surface area contributed by atoms with E-state index in [1.807, 2.05) is 0 Å². The molecule has 0 amide bonds. The van der Waals surface area contributed by atoms with Crippen molar-refractivity contribution in [2.75, 3.05) is 13.2 Å². The molecule has 0 spiro atoms. The highest BCUT2D eigenvalue weighted by atomic mass is 16.7. The zero-order chi connectivity index (χ0) is 56.1. The van der Waals surface area contributed by atoms with Gasteiger partial charge in [-0.05, 0) is 96.3 Å². The summed E-state index contributed by atoms with van der Waals surface area (Å²) in [5, 5.41) is 31.5. The van der Waals surface area contributed by atoms with Gasteiger partial charge in [0.15, 0.2) is 24.6 Å². The fraction of sp³-hybridized carbons (Fsp3) is 0.723. The molecule has 0 aromatic carbocycles. The van der Waals surface area contributed by atoms with E-state index in [-0.39, 0.29) is 25.9 Å². The van der Waals surface area contributed by atoms with Crippen LogP contribution in [0.5, 0.6) is 0 Å². The topological polar surface area (TPSA) is 175 Å². The van der Waals surface area contributed by atoms with Gasteiger partial charge in [0, 0.05) is 19.3 Å². The van der Waals surface area contributed by atoms with Crippen molar-refractivity contribution >= 4 is 23.9 Å². The van der Waals surface area contributed by atoms with Gasteiger partial charge in [-0.1, -0.05) is 221 Å². The zero-order valence-corrected chi connectivity index (χ0v) is 48.4. The molecule has 12 nitrogen and oxygen atoms in total. The molecule has 0 radical (unpaired) electrons. The molecule has 6 unspecified atom stereocenters. The largest absolute Gasteiger partial charge is 0.479 e. The number of aliphatic carboxylic acids is 1. The van der Waals surface area contributed by atoms with Gasteiger partial charge in [-0.3, -0.25) is 14.4 Å². The summed E-state index contributed by atoms with van der Waals surface area (Å²) in [5.74, 6) is -3.17. The molecule has 1 saturated heterocycles. The third-order valence-corrected chi connectivity index (χ3v) is 13.5. The van der Waals surface area contributed by atoms with Crippen LogP contribution in [0, 0.1) is 0 Å². The minimum absolute atomic E-state index is 0.0554. The second-order valence-electron chi connectivity index (χ2n) is 20.6. The summed E-state index contributed by atoms with van der Waals surface area (Å²) < 4.78 is 28.4. The number of allylic oxidation sites excluding steroid dienone is 14. The van der Waals surface area contributed by atoms with Crippen molar-refractivity contribution in [3.63, 3.8) is 0 Å². The lowest BCUT2D eigenvalue weighted by Gasteiger charge is -2.40. The summed E-state index contributed by atoms with van der Waals surface area (Å²) in [5.41, 5.74) is 0. The van der Waals surface area contributed by atoms with Crippen LogP contribution in [0.4, 0.5) is 0 Å². The Labute approximate surface area is 467 Å². The highest BCUT2D eigenvalue weighted by Gasteiger charge is 2.50. The summed E-state index contributed by atoms with van der Waals surface area (Å²) in [4.78, 5) is 51.1. The second kappa shape index (κ2) is 52.6. The summed E-state index contributed by atoms with van der Waals surface area (Å²) in [6, 6.07) is 0. The van der Waals surface area contributed by atoms with Crippen molar-refractivity contribution < 1.29 is 58.2 Å². The molecule has 440 valence electrons. The predicted octanol–water partition coefficient (Wildman–Crippen LogP) is 15.9. The van der Waals surface area contributed by atoms with Crippen molar-refractivity contribution in [3.05, 3.63) is 85.1 Å². The van der Waals surface area contributed by atoms with Crippen molar-refractivity contribution in [1.82, 2.24) is 0 Å². The van der Waals surface area contributed by atoms with E-state index in [1.165, 1.54) is 64.2 Å². The molecule has 0 aromatic heterocycles. The average molecular weight is 1080 g/mol. The van der Waals surface area contributed by atoms with Crippen LogP contribution in [0.25, 0.3) is 0 Å². The van der Waals surface area contributed by atoms with Gasteiger partial charge in [-0.15, -0.1) is 0 Å². The minimum Gasteiger partial charge on any atom is -0.479 e. The second-order valence-corrected chi connectivity index (χ2v) is 20.6. The van der Waals surface area contributed by atoms with Gasteiger partial charge in [0.2, 0.25) is 0 Å². The SMILES string of the molecule is CC/C=C\C/C=C\C/C=C\C/C=C\CCCCCCC(=O)OC(COC(=O)CCCCCCCC/C=C\C/C=C\C/C=C\CCCCC)COC1OC(C(=O)O)C(O)C(O)C1OC(=O)CCCCCCCCCCCCC. The molecule has 0 saturated carbocycles. The first kappa shape index (κ1) is 70.9. The van der Waals surface area contributed by atoms with Crippen molar-refractivity contribution in [3.8, 4) is 0 Å². The number of carbonyl (C=O) groups is 4. The summed E-state index contributed by atoms with van der Waals surface area (Å²) in [6.45, 7) is 5.81. The molecule has 3 N–H and O–H groups in total. The maximum Gasteiger partial charge on any atom is 0.335 e. The Hall–Kier alpha value is -4.10. The van der Waals surface area contributed by atoms with Gasteiger partial charge >= 0.3 is 23.9 Å². The predicted molar refractivity (Wildman–Crippen MR) is 312 cm³/mol. The first-order valence-corrected chi connectivity index (χ1v) is 30.6. The van der Waals surface area contributed by atoms with E-state index in [2.05, 4.69) is 106 Å². The Morgan fingerprint density at radius 3 is 1.27 bits per heavy atom. The number of aliphatic hydroxyl groups excluding tert-OH is 2. The average Bonchev–Trinajstić information content (AvgIpc) is 3.42. The van der Waals surface area contributed by atoms with Gasteiger partial charge < -0.3 is 39.0 Å². The molecular weight excluding hydrogens is 973 g/mol. The standard InChI is InChI=1S/C65H108O12/c1-4-7-10-13-16-19-22-24-26-28-29-31-32-34-37-39-42-45-48-51-57(66)73-54-56(75-58(67)52-49-46-43-41-38-35-33-30-27-25-23-20-17-14-11-8-5-2)55-74-65-63(61(70)60(69)62(77-65)64(71)72)76-59(68)53-50-47-44-40-36-21-18-15-12-9-6-3/h8,11,16-17,19-20,24-27,29,31,33,35,56,60-63,65,69-70H,4-7,9-10,12-15,18,21-23,28,30,32,34,36-55H2,1-3H3,(H,71,72)/b11-8-,19-16-,20-17-,26-24-,27-25-,31-29-,35-33-. The number of aliphatic hydroxyl groups is 2. The molecule has 6 atom stereocenters. The van der Waals surface area contributed by atoms with Crippen LogP contribution < -0.4 is 0 Å². The van der Waals surface area contributed by atoms with Crippen LogP contribution in [0.1, 0.15) is 252 Å². The monoisotopic (exact) mass is 1080 g/mol. The third kappa shape index (κ3) is 42.5. The maximum absolute atomic E-state index is 13.2. The molecule has 12 heteroatoms. The molecule has 1 aliphatic heterocycles. The molecule has 1 heterocycles. The molecule has 1 fully saturated rings. The van der Waals surface area contributed by atoms with Crippen LogP contribution in [0.15, 0.2) is 85.1 Å². The Balaban J connectivity index is 2.70. The number of hydrogen-bond donors (Lipinski definition) is 3. The Kier molecular flexibility index (Phi) is 48.4. The Morgan fingerprint density at radius 2 is 0.818 bits per heavy atom. The number of carbonyl (C=O) groups excluding carboxylic acids is 3. The summed E-state index contributed by atoms with van der Waals surface area (Å²) >= 11 is 0. The van der Waals surface area contributed by atoms with E-state index in [0.29, 0.717) is 19.3 Å². The smallest absolute Gasteiger partial charge is 0.335 e. The van der Waals surface area contributed by atoms with Crippen LogP contribution in [-0.2, 0) is 42.9 Å². The number of hydrogen-bond acceptors (Lipinski definition) is 11. The highest BCUT2D eigenvalue weighted by Crippen LogP contribution is 2.26. The lowest BCUT2D eigenvalue weighted by atomic mass is 9.98. The minimum atomic E-state index is -1.91. The van der Waals surface area contributed by atoms with E-state index < -0.39 is 67.3 Å². The molecule has 0 aliphatic carbocycles. The number of esters is 3. The molecule has 1 aliphatic rings. The molecule has 1 rings (SSSR count). The zero-order valence-electron chi connectivity index (χ0n) is 48.4. The number of unbranched alkanes of at least 4 members (excludes halogenated alkanes) is 23. The molecule has 0 bridgehead atoms. The first-order valence-electron chi connectivity index (χ1n) is 30.6. The lowest BCUT2D eigenvalue weighted by Crippen LogP contribution is -2.61. The van der Waals surface area contributed by atoms with Gasteiger partial charge in [-0.2, -0.15) is 0 Å². The number of carboxylic acid groups (broad SMARTS) is 1. The number of carboxylic acids is 1. The quantitative estimate of drug-likeness (QED) is 0.0228. The van der Waals surface area contributed by atoms with Crippen molar-refractivity contribution in [2.45, 2.75) is 289 Å². The van der Waals surface area contributed by atoms with Crippen molar-refractivity contribution in [2.24, 2.45) is 0 Å². The summed E-state index contributed by atoms with van der Waals surface area (Å²) in [6.07, 6.45) is 55.5. The van der Waals surface area contributed by atoms with Crippen LogP contribution in [-0.4, -0.2) is 89.2 Å². The van der Waals surface area contributed by atoms with Gasteiger partial charge in [-0.25, -0.2) is 4.79 Å². The van der Waals surface area contributed by atoms with Crippen molar-refractivity contribution in [1.29, 1.82) is 0 Å². The van der Waals surface area contributed by atoms with Gasteiger partial charge in [0.25, 0.3) is 0 Å². The fourth-order valence-electron chi connectivity index (χ4n) is 8.78. The van der Waals surface area contributed by atoms with E-state index >= 15 is 0 Å². The maximum atomic E-state index is 13.2. The fourth-order valence-corrected chi connectivity index (χ4v) is 8.78. The van der Waals surface area contributed by atoms with Gasteiger partial charge in [0.1, 0.15) is 18.8 Å². The molecular formula is C65H108O12. The van der Waals surface area contributed by atoms with Crippen LogP contribution in [0.2, 0.25) is 0 Å². The normalized spacial score (nSPS) is 18.6. The number of ether oxygens (including phenoxy) is 5. The molecule has 0 aromatic rings. The van der Waals surface area contributed by atoms with E-state index in [1.54, 1.807) is 0 Å². The highest BCUT2D eigenvalue weighted by molar-refractivity contribution is 5.74. The summed E-state index contributed by atoms with van der Waals surface area (Å²) in [7, 11) is 0. The molecule has 77 heavy (non-hydrogen) atoms. The third-order valence-electron chi connectivity index (χ3n) is 13.5. The Morgan fingerprint density at radius 1 is 0.442 bits per heavy atom. The lowest BCUT2D eigenvalue weighted by molar-refractivity contribution is -0.301. The first-order chi connectivity index (χ1) is 37.6.